The van der Waals surface area contributed by atoms with Gasteiger partial charge < -0.3 is 66.5 Å². The van der Waals surface area contributed by atoms with E-state index in [9.17, 15) is 24.3 Å². The summed E-state index contributed by atoms with van der Waals surface area (Å²) in [7, 11) is 7.40. The van der Waals surface area contributed by atoms with Gasteiger partial charge in [-0.05, 0) is 11.1 Å². The van der Waals surface area contributed by atoms with Crippen molar-refractivity contribution in [2.75, 3.05) is 42.7 Å². The van der Waals surface area contributed by atoms with Crippen LogP contribution >= 0.6 is 61.2 Å². The molecule has 0 amide bonds. The summed E-state index contributed by atoms with van der Waals surface area (Å²) in [5.74, 6) is -4.42. The van der Waals surface area contributed by atoms with E-state index >= 15 is 0 Å². The van der Waals surface area contributed by atoms with Gasteiger partial charge in [-0.1, -0.05) is 68.1 Å². The Labute approximate surface area is 481 Å². The fraction of sp³-hybridized carbons (Fsp3) is 0.219. The van der Waals surface area contributed by atoms with Crippen molar-refractivity contribution < 1.29 is 233 Å². The maximum atomic E-state index is 11.9. The van der Waals surface area contributed by atoms with Crippen LogP contribution in [0.2, 0.25) is 0 Å². The molecule has 2 aromatic carbocycles. The zero-order valence-corrected chi connectivity index (χ0v) is 50.4. The van der Waals surface area contributed by atoms with E-state index < -0.39 is 35.4 Å². The van der Waals surface area contributed by atoms with Gasteiger partial charge in [0.05, 0.1) is 53.8 Å². The standard InChI is InChI=1S/C15H14O6.C14H12O6.C2H4O3.CH4.2Cs.I2.2HI/c1-18-11-10(9-7-5-4-6-8-9)12(14(16)19-2)21-13(11)15(17)20-3;1-18-13(16)11-9(8-6-4-3-5-7-8)10(15)12(20-11)14(17)19-2;1-4-5-2-3;;;;1-2;;/h4-8H,1-3H3;3-7,15H,1-2H3;2H,1H3;1H4;;;;2*1H/q;;;;2*+1;;;/p-1. The van der Waals surface area contributed by atoms with Crippen molar-refractivity contribution in [3.8, 4) is 33.8 Å². The van der Waals surface area contributed by atoms with E-state index in [4.69, 9.17) is 18.4 Å². The number of halogens is 4. The topological polar surface area (TPSA) is 196 Å². The van der Waals surface area contributed by atoms with Gasteiger partial charge >= 0.3 is 168 Å². The Balaban J connectivity index is -0.000000228. The summed E-state index contributed by atoms with van der Waals surface area (Å²) in [6.07, 6.45) is 0. The number of hydrogen-bond donors (Lipinski definition) is 1. The van der Waals surface area contributed by atoms with Crippen LogP contribution in [0.25, 0.3) is 22.3 Å². The number of aromatic hydroxyl groups is 1. The number of carbonyl (C=O) groups excluding carboxylic acids is 5. The zero-order chi connectivity index (χ0) is 36.2. The van der Waals surface area contributed by atoms with Gasteiger partial charge in [0.2, 0.25) is 11.5 Å². The molecular formula is C32H35Cs2I4O15+. The maximum Gasteiger partial charge on any atom is 1.00 e. The summed E-state index contributed by atoms with van der Waals surface area (Å²) in [6, 6.07) is 17.5. The molecule has 2 aromatic heterocycles. The molecule has 0 aliphatic rings. The minimum absolute atomic E-state index is 0. The smallest absolute Gasteiger partial charge is 1.00 e. The van der Waals surface area contributed by atoms with E-state index in [1.807, 2.05) is 6.07 Å². The van der Waals surface area contributed by atoms with Crippen molar-refractivity contribution in [3.63, 3.8) is 0 Å². The van der Waals surface area contributed by atoms with Gasteiger partial charge in [0, 0.05) is 37.2 Å². The third kappa shape index (κ3) is 19.0. The van der Waals surface area contributed by atoms with Gasteiger partial charge in [0.15, 0.2) is 11.5 Å². The second-order valence-electron chi connectivity index (χ2n) is 8.21. The Hall–Kier alpha value is 0.934. The maximum absolute atomic E-state index is 11.9. The molecule has 0 aliphatic carbocycles. The molecule has 0 spiro atoms. The molecule has 0 saturated heterocycles. The summed E-state index contributed by atoms with van der Waals surface area (Å²) in [6.45, 7) is 0.208. The van der Waals surface area contributed by atoms with Gasteiger partial charge in [-0.15, -0.1) is 24.0 Å². The Morgan fingerprint density at radius 3 is 1.30 bits per heavy atom. The van der Waals surface area contributed by atoms with Gasteiger partial charge in [-0.25, -0.2) is 19.2 Å². The van der Waals surface area contributed by atoms with E-state index in [-0.39, 0.29) is 228 Å². The summed E-state index contributed by atoms with van der Waals surface area (Å²) in [4.78, 5) is 63.4. The molecule has 0 fully saturated rings. The molecule has 0 saturated carbocycles. The number of hydrogen-bond acceptors (Lipinski definition) is 15. The van der Waals surface area contributed by atoms with E-state index in [1.54, 1.807) is 54.6 Å². The van der Waals surface area contributed by atoms with Crippen LogP contribution in [0.3, 0.4) is 0 Å². The first kappa shape index (κ1) is 63.1. The predicted octanol–water partition coefficient (Wildman–Crippen LogP) is -1.49. The van der Waals surface area contributed by atoms with Crippen LogP contribution in [-0.2, 0) is 33.5 Å². The minimum atomic E-state index is -0.880. The van der Waals surface area contributed by atoms with Crippen molar-refractivity contribution in [2.24, 2.45) is 0 Å². The van der Waals surface area contributed by atoms with E-state index in [0.717, 1.165) is 7.11 Å². The van der Waals surface area contributed by atoms with Crippen LogP contribution in [-0.4, -0.2) is 78.1 Å². The minimum Gasteiger partial charge on any atom is -1.00 e. The van der Waals surface area contributed by atoms with Crippen molar-refractivity contribution >= 4 is 91.6 Å². The van der Waals surface area contributed by atoms with E-state index in [2.05, 4.69) is 66.0 Å². The van der Waals surface area contributed by atoms with Crippen molar-refractivity contribution in [3.05, 3.63) is 83.7 Å². The van der Waals surface area contributed by atoms with Crippen LogP contribution in [0.4, 0.5) is 0 Å². The summed E-state index contributed by atoms with van der Waals surface area (Å²) >= 11 is 4.24. The second-order valence-corrected chi connectivity index (χ2v) is 8.21. The molecule has 4 aromatic rings. The molecule has 15 nitrogen and oxygen atoms in total. The molecule has 2 heterocycles. The van der Waals surface area contributed by atoms with Gasteiger partial charge in [-0.3, -0.25) is 4.79 Å². The molecular weight excluding hydrogens is 1400 g/mol. The Bertz CT molecular complexity index is 1650. The predicted molar refractivity (Wildman–Crippen MR) is 206 cm³/mol. The number of furan rings is 2. The summed E-state index contributed by atoms with van der Waals surface area (Å²) in [5.41, 5.74) is 1.63. The number of rotatable bonds is 9. The third-order valence-electron chi connectivity index (χ3n) is 5.70. The van der Waals surface area contributed by atoms with E-state index in [0.29, 0.717) is 16.7 Å². The first-order valence-corrected chi connectivity index (χ1v) is 19.2. The Morgan fingerprint density at radius 1 is 0.623 bits per heavy atom. The Morgan fingerprint density at radius 2 is 0.962 bits per heavy atom. The average Bonchev–Trinajstić information content (AvgIpc) is 3.71. The fourth-order valence-corrected chi connectivity index (χ4v) is 3.74. The quantitative estimate of drug-likeness (QED) is 0.0509. The van der Waals surface area contributed by atoms with Gasteiger partial charge in [0.1, 0.15) is 0 Å². The molecule has 4 rings (SSSR count). The molecule has 21 heteroatoms. The average molecular weight is 1430 g/mol. The number of benzene rings is 2. The molecule has 282 valence electrons. The first-order valence-electron chi connectivity index (χ1n) is 12.9. The largest absolute Gasteiger partial charge is 1.00 e. The molecule has 0 radical (unpaired) electrons. The summed E-state index contributed by atoms with van der Waals surface area (Å²) < 4.78 is 34.0. The molecule has 53 heavy (non-hydrogen) atoms. The summed E-state index contributed by atoms with van der Waals surface area (Å²) in [5, 5.41) is 10.1. The number of ether oxygens (including phenoxy) is 5. The number of esters is 4. The zero-order valence-electron chi connectivity index (χ0n) is 29.1. The van der Waals surface area contributed by atoms with Crippen molar-refractivity contribution in [1.29, 1.82) is 0 Å². The van der Waals surface area contributed by atoms with Crippen molar-refractivity contribution in [1.82, 2.24) is 0 Å². The Kier molecular flexibility index (Phi) is 42.9. The normalized spacial score (nSPS) is 8.53. The SMILES string of the molecule is C.COC(=O)c1oc(C(=O)OC)c(-c2ccccc2)c1O.COC(=O)c1oc(C(=O)OC)c(-c2ccccc2)c1OC.COOC=O.I.II.[Cs+].[Cs+].[I-]. The van der Waals surface area contributed by atoms with Crippen LogP contribution in [0, 0.1) is 0 Å². The monoisotopic (exact) mass is 1430 g/mol. The second kappa shape index (κ2) is 36.0. The number of methoxy groups -OCH3 is 5. The first-order chi connectivity index (χ1) is 23.1. The van der Waals surface area contributed by atoms with Crippen molar-refractivity contribution in [2.45, 2.75) is 7.43 Å². The molecule has 1 N–H and O–H groups in total. The molecule has 0 bridgehead atoms. The van der Waals surface area contributed by atoms with Gasteiger partial charge in [0.25, 0.3) is 11.5 Å². The molecule has 0 unspecified atom stereocenters. The van der Waals surface area contributed by atoms with Gasteiger partial charge in [-0.2, -0.15) is 4.89 Å². The fourth-order valence-electron chi connectivity index (χ4n) is 3.74. The number of carbonyl (C=O) groups is 5. The molecule has 0 atom stereocenters. The molecule has 0 aliphatic heterocycles. The van der Waals surface area contributed by atoms with Crippen LogP contribution in [0.1, 0.15) is 49.6 Å². The van der Waals surface area contributed by atoms with Crippen LogP contribution in [0.15, 0.2) is 69.5 Å². The van der Waals surface area contributed by atoms with E-state index in [1.165, 1.54) is 35.5 Å². The van der Waals surface area contributed by atoms with Crippen LogP contribution < -0.4 is 167 Å². The third-order valence-corrected chi connectivity index (χ3v) is 5.70. The van der Waals surface area contributed by atoms with Crippen LogP contribution in [0.5, 0.6) is 11.5 Å².